The fourth-order valence-electron chi connectivity index (χ4n) is 2.73. The summed E-state index contributed by atoms with van der Waals surface area (Å²) >= 11 is 0. The van der Waals surface area contributed by atoms with Crippen molar-refractivity contribution in [1.29, 1.82) is 0 Å². The van der Waals surface area contributed by atoms with Crippen LogP contribution < -0.4 is 11.1 Å². The quantitative estimate of drug-likeness (QED) is 0.749. The Hall–Kier alpha value is -2.93. The predicted molar refractivity (Wildman–Crippen MR) is 102 cm³/mol. The Bertz CT molecular complexity index is 1040. The lowest BCUT2D eigenvalue weighted by Gasteiger charge is -2.21. The normalized spacial score (nSPS) is 13.9. The molecule has 0 aliphatic rings. The maximum atomic E-state index is 12.9. The van der Waals surface area contributed by atoms with E-state index in [2.05, 4.69) is 15.3 Å². The average Bonchev–Trinajstić information content (AvgIpc) is 3.02. The number of nitrogens with zero attached hydrogens (tertiary/aromatic N) is 3. The van der Waals surface area contributed by atoms with E-state index in [4.69, 9.17) is 14.6 Å². The van der Waals surface area contributed by atoms with Gasteiger partial charge in [0.1, 0.15) is 17.8 Å². The molecule has 136 valence electrons. The molecule has 0 fully saturated rings. The van der Waals surface area contributed by atoms with E-state index in [1.165, 1.54) is 6.33 Å². The molecule has 2 aromatic heterocycles. The minimum atomic E-state index is -2.45. The molecular weight excluding hydrogens is 330 g/mol. The van der Waals surface area contributed by atoms with E-state index >= 15 is 0 Å². The Morgan fingerprint density at radius 3 is 2.69 bits per heavy atom. The number of hydrogen-bond acceptors (Lipinski definition) is 5. The zero-order valence-corrected chi connectivity index (χ0v) is 14.9. The Morgan fingerprint density at radius 1 is 1.31 bits per heavy atom. The van der Waals surface area contributed by atoms with Crippen LogP contribution in [0.25, 0.3) is 11.0 Å². The number of rotatable bonds is 4. The molecule has 0 aliphatic carbocycles. The lowest BCUT2D eigenvalue weighted by Crippen LogP contribution is -2.21. The van der Waals surface area contributed by atoms with Crippen molar-refractivity contribution in [3.8, 4) is 0 Å². The summed E-state index contributed by atoms with van der Waals surface area (Å²) in [4.78, 5) is 21.2. The van der Waals surface area contributed by atoms with Gasteiger partial charge in [-0.2, -0.15) is 0 Å². The number of anilines is 2. The highest BCUT2D eigenvalue weighted by Crippen LogP contribution is 2.29. The lowest BCUT2D eigenvalue weighted by molar-refractivity contribution is 0.102. The minimum Gasteiger partial charge on any atom is -0.383 e. The van der Waals surface area contributed by atoms with Crippen LogP contribution in [0.2, 0.25) is 0 Å². The van der Waals surface area contributed by atoms with E-state index in [0.29, 0.717) is 27.8 Å². The van der Waals surface area contributed by atoms with Gasteiger partial charge >= 0.3 is 0 Å². The van der Waals surface area contributed by atoms with E-state index in [1.807, 2.05) is 25.3 Å². The molecule has 1 amide bonds. The van der Waals surface area contributed by atoms with Gasteiger partial charge in [-0.25, -0.2) is 9.97 Å². The van der Waals surface area contributed by atoms with Crippen LogP contribution in [0.15, 0.2) is 36.8 Å². The molecule has 3 rings (SSSR count). The Balaban J connectivity index is 1.85. The zero-order chi connectivity index (χ0) is 21.4. The first-order valence-electron chi connectivity index (χ1n) is 9.62. The molecule has 26 heavy (non-hydrogen) atoms. The number of hydrogen-bond donors (Lipinski definition) is 2. The number of carbonyl (C=O) groups excluding carboxylic acids is 1. The standard InChI is InChI=1S/C19H23N5O2/c1-19(2,3)24-9-14(15-16(20)21-11-22-17(15)24)18(25)23-13-7-5-12(6-8-13)10-26-4/h5-9,11H,10H2,1-4H3,(H,23,25)(H2,20,21,22)/i4D3. The second-order valence-electron chi connectivity index (χ2n) is 6.98. The lowest BCUT2D eigenvalue weighted by atomic mass is 10.1. The molecule has 3 N–H and O–H groups in total. The molecule has 0 aliphatic heterocycles. The average molecular weight is 356 g/mol. The number of benzene rings is 1. The van der Waals surface area contributed by atoms with Gasteiger partial charge in [-0.3, -0.25) is 4.79 Å². The number of amides is 1. The first kappa shape index (κ1) is 14.3. The Morgan fingerprint density at radius 2 is 2.04 bits per heavy atom. The molecule has 0 radical (unpaired) electrons. The number of methoxy groups -OCH3 is 1. The number of nitrogens with two attached hydrogens (primary N) is 1. The predicted octanol–water partition coefficient (Wildman–Crippen LogP) is 3.17. The van der Waals surface area contributed by atoms with Gasteiger partial charge in [0.2, 0.25) is 0 Å². The van der Waals surface area contributed by atoms with Crippen LogP contribution in [-0.2, 0) is 16.9 Å². The maximum absolute atomic E-state index is 12.9. The van der Waals surface area contributed by atoms with Gasteiger partial charge in [0, 0.05) is 24.5 Å². The van der Waals surface area contributed by atoms with E-state index in [0.717, 1.165) is 0 Å². The van der Waals surface area contributed by atoms with Crippen molar-refractivity contribution < 1.29 is 13.6 Å². The molecule has 0 saturated carbocycles. The summed E-state index contributed by atoms with van der Waals surface area (Å²) in [6.45, 7) is 5.98. The van der Waals surface area contributed by atoms with Crippen molar-refractivity contribution in [3.05, 3.63) is 47.9 Å². The molecule has 3 aromatic rings. The monoisotopic (exact) mass is 356 g/mol. The van der Waals surface area contributed by atoms with Crippen LogP contribution in [0.3, 0.4) is 0 Å². The van der Waals surface area contributed by atoms with Crippen LogP contribution in [0, 0.1) is 0 Å². The van der Waals surface area contributed by atoms with Crippen molar-refractivity contribution in [2.24, 2.45) is 0 Å². The van der Waals surface area contributed by atoms with Gasteiger partial charge in [0.05, 0.1) is 21.7 Å². The van der Waals surface area contributed by atoms with Gasteiger partial charge in [0.25, 0.3) is 5.91 Å². The van der Waals surface area contributed by atoms with Gasteiger partial charge in [0.15, 0.2) is 0 Å². The van der Waals surface area contributed by atoms with Crippen molar-refractivity contribution in [2.45, 2.75) is 32.9 Å². The molecule has 0 bridgehead atoms. The van der Waals surface area contributed by atoms with E-state index in [9.17, 15) is 4.79 Å². The second kappa shape index (κ2) is 6.76. The fraction of sp³-hybridized carbons (Fsp3) is 0.316. The summed E-state index contributed by atoms with van der Waals surface area (Å²) in [7, 11) is -2.45. The van der Waals surface area contributed by atoms with Crippen LogP contribution in [-0.4, -0.2) is 27.5 Å². The molecule has 0 spiro atoms. The third-order valence-corrected chi connectivity index (χ3v) is 4.03. The van der Waals surface area contributed by atoms with Crippen LogP contribution in [0.1, 0.15) is 40.8 Å². The summed E-state index contributed by atoms with van der Waals surface area (Å²) in [5.74, 6) is -0.105. The molecular formula is C19H23N5O2. The highest BCUT2D eigenvalue weighted by molar-refractivity contribution is 6.14. The summed E-state index contributed by atoms with van der Waals surface area (Å²) in [6.07, 6.45) is 3.10. The van der Waals surface area contributed by atoms with Crippen LogP contribution in [0.5, 0.6) is 0 Å². The van der Waals surface area contributed by atoms with Crippen LogP contribution >= 0.6 is 0 Å². The molecule has 7 heteroatoms. The number of carbonyl (C=O) groups is 1. The Kier molecular flexibility index (Phi) is 3.71. The zero-order valence-electron chi connectivity index (χ0n) is 17.9. The molecule has 0 atom stereocenters. The van der Waals surface area contributed by atoms with Crippen molar-refractivity contribution in [1.82, 2.24) is 14.5 Å². The van der Waals surface area contributed by atoms with Crippen molar-refractivity contribution >= 4 is 28.4 Å². The first-order valence-corrected chi connectivity index (χ1v) is 8.12. The van der Waals surface area contributed by atoms with Crippen molar-refractivity contribution in [3.63, 3.8) is 0 Å². The topological polar surface area (TPSA) is 95.1 Å². The number of fused-ring (bicyclic) bond motifs is 1. The highest BCUT2D eigenvalue weighted by Gasteiger charge is 2.24. The van der Waals surface area contributed by atoms with E-state index in [-0.39, 0.29) is 23.9 Å². The number of nitrogens with one attached hydrogen (secondary N) is 1. The van der Waals surface area contributed by atoms with Gasteiger partial charge < -0.3 is 20.4 Å². The smallest absolute Gasteiger partial charge is 0.258 e. The largest absolute Gasteiger partial charge is 0.383 e. The van der Waals surface area contributed by atoms with Crippen LogP contribution in [0.4, 0.5) is 11.5 Å². The summed E-state index contributed by atoms with van der Waals surface area (Å²) in [6, 6.07) is 6.74. The molecule has 0 unspecified atom stereocenters. The summed E-state index contributed by atoms with van der Waals surface area (Å²) in [5, 5.41) is 3.33. The van der Waals surface area contributed by atoms with Crippen molar-refractivity contribution in [2.75, 3.05) is 18.1 Å². The highest BCUT2D eigenvalue weighted by atomic mass is 16.5. The fourth-order valence-corrected chi connectivity index (χ4v) is 2.73. The minimum absolute atomic E-state index is 0.0440. The number of ether oxygens (including phenoxy) is 1. The number of nitrogen functional groups attached to an aromatic ring is 1. The number of aromatic nitrogens is 3. The summed E-state index contributed by atoms with van der Waals surface area (Å²) in [5.41, 5.74) is 7.93. The molecule has 0 saturated heterocycles. The van der Waals surface area contributed by atoms with Gasteiger partial charge in [-0.15, -0.1) is 0 Å². The third-order valence-electron chi connectivity index (χ3n) is 4.03. The molecule has 7 nitrogen and oxygen atoms in total. The molecule has 2 heterocycles. The third kappa shape index (κ3) is 3.39. The van der Waals surface area contributed by atoms with E-state index in [1.54, 1.807) is 30.5 Å². The Labute approximate surface area is 156 Å². The molecule has 1 aromatic carbocycles. The van der Waals surface area contributed by atoms with Gasteiger partial charge in [-0.1, -0.05) is 12.1 Å². The SMILES string of the molecule is [2H]C([2H])([2H])OCc1ccc(NC(=O)c2cn(C(C)(C)C)c3ncnc(N)c23)cc1. The maximum Gasteiger partial charge on any atom is 0.258 e. The van der Waals surface area contributed by atoms with E-state index < -0.39 is 7.04 Å². The first-order chi connectivity index (χ1) is 13.5. The van der Waals surface area contributed by atoms with Gasteiger partial charge in [-0.05, 0) is 38.5 Å². The second-order valence-corrected chi connectivity index (χ2v) is 6.98. The summed E-state index contributed by atoms with van der Waals surface area (Å²) < 4.78 is 27.9.